The molecule has 0 N–H and O–H groups in total. The summed E-state index contributed by atoms with van der Waals surface area (Å²) < 4.78 is 21.3. The van der Waals surface area contributed by atoms with Crippen LogP contribution >= 0.6 is 0 Å². The lowest BCUT2D eigenvalue weighted by Gasteiger charge is -2.08. The Labute approximate surface area is 157 Å². The maximum absolute atomic E-state index is 12.1. The van der Waals surface area contributed by atoms with Crippen molar-refractivity contribution >= 4 is 11.9 Å². The van der Waals surface area contributed by atoms with Crippen LogP contribution < -0.4 is 9.47 Å². The largest absolute Gasteiger partial charge is 0.493 e. The van der Waals surface area contributed by atoms with Gasteiger partial charge in [0.15, 0.2) is 0 Å². The fourth-order valence-corrected chi connectivity index (χ4v) is 3.18. The van der Waals surface area contributed by atoms with Gasteiger partial charge in [0.1, 0.15) is 11.5 Å². The zero-order chi connectivity index (χ0) is 18.6. The maximum Gasteiger partial charge on any atom is 0.338 e. The molecule has 0 saturated carbocycles. The molecule has 4 rings (SSSR count). The second-order valence-corrected chi connectivity index (χ2v) is 6.47. The van der Waals surface area contributed by atoms with E-state index < -0.39 is 0 Å². The molecule has 0 fully saturated rings. The summed E-state index contributed by atoms with van der Waals surface area (Å²) in [7, 11) is 0. The first-order valence-electron chi connectivity index (χ1n) is 9.06. The van der Waals surface area contributed by atoms with Crippen molar-refractivity contribution in [3.05, 3.63) is 58.7 Å². The lowest BCUT2D eigenvalue weighted by atomic mass is 10.1. The Morgan fingerprint density at radius 2 is 1.26 bits per heavy atom. The number of carbonyl (C=O) groups excluding carboxylic acids is 2. The Kier molecular flexibility index (Phi) is 4.96. The minimum Gasteiger partial charge on any atom is -0.493 e. The minimum atomic E-state index is -0.380. The van der Waals surface area contributed by atoms with Crippen LogP contribution in [0.15, 0.2) is 36.4 Å². The molecule has 0 bridgehead atoms. The first kappa shape index (κ1) is 17.4. The summed E-state index contributed by atoms with van der Waals surface area (Å²) in [5.74, 6) is 0.900. The number of carbonyl (C=O) groups is 2. The highest BCUT2D eigenvalue weighted by Gasteiger charge is 2.17. The van der Waals surface area contributed by atoms with Crippen LogP contribution in [-0.2, 0) is 22.3 Å². The van der Waals surface area contributed by atoms with Gasteiger partial charge in [0.2, 0.25) is 0 Å². The Morgan fingerprint density at radius 3 is 1.74 bits per heavy atom. The number of hydrogen-bond donors (Lipinski definition) is 0. The van der Waals surface area contributed by atoms with E-state index in [0.717, 1.165) is 35.5 Å². The first-order valence-corrected chi connectivity index (χ1v) is 9.06. The molecule has 140 valence electrons. The molecule has 2 aliphatic rings. The lowest BCUT2D eigenvalue weighted by molar-refractivity contribution is 0.0396. The maximum atomic E-state index is 12.1. The monoisotopic (exact) mass is 368 g/mol. The Hall–Kier alpha value is -3.02. The summed E-state index contributed by atoms with van der Waals surface area (Å²) in [6, 6.07) is 10.6. The third-order valence-electron chi connectivity index (χ3n) is 4.61. The normalized spacial score (nSPS) is 13.9. The number of hydrogen-bond acceptors (Lipinski definition) is 6. The van der Waals surface area contributed by atoms with Crippen LogP contribution in [0.2, 0.25) is 0 Å². The van der Waals surface area contributed by atoms with Gasteiger partial charge in [-0.3, -0.25) is 0 Å². The SMILES string of the molecule is O=C(OCCCOC(=O)c1ccc2c(c1)CCO2)c1ccc2c(c1)CCO2. The summed E-state index contributed by atoms with van der Waals surface area (Å²) in [5.41, 5.74) is 3.07. The van der Waals surface area contributed by atoms with E-state index in [4.69, 9.17) is 18.9 Å². The third-order valence-corrected chi connectivity index (χ3v) is 4.61. The molecule has 0 amide bonds. The molecular formula is C21H20O6. The van der Waals surface area contributed by atoms with Gasteiger partial charge in [0.05, 0.1) is 37.6 Å². The van der Waals surface area contributed by atoms with Gasteiger partial charge in [-0.2, -0.15) is 0 Å². The van der Waals surface area contributed by atoms with Crippen molar-refractivity contribution < 1.29 is 28.5 Å². The molecule has 0 unspecified atom stereocenters. The highest BCUT2D eigenvalue weighted by atomic mass is 16.5. The third kappa shape index (κ3) is 3.89. The van der Waals surface area contributed by atoms with Crippen LogP contribution in [0.5, 0.6) is 11.5 Å². The lowest BCUT2D eigenvalue weighted by Crippen LogP contribution is -2.11. The minimum absolute atomic E-state index is 0.192. The van der Waals surface area contributed by atoms with Crippen LogP contribution in [0.1, 0.15) is 38.3 Å². The molecule has 0 aromatic heterocycles. The standard InChI is InChI=1S/C21H20O6/c22-20(16-2-4-18-14(12-16)6-10-24-18)26-8-1-9-27-21(23)17-3-5-19-15(13-17)7-11-25-19/h2-5,12-13H,1,6-11H2. The van der Waals surface area contributed by atoms with Crippen LogP contribution in [0, 0.1) is 0 Å². The molecule has 2 heterocycles. The van der Waals surface area contributed by atoms with Crippen molar-refractivity contribution in [2.24, 2.45) is 0 Å². The Bertz CT molecular complexity index is 801. The van der Waals surface area contributed by atoms with Crippen molar-refractivity contribution in [3.63, 3.8) is 0 Å². The fraction of sp³-hybridized carbons (Fsp3) is 0.333. The molecule has 0 atom stereocenters. The van der Waals surface area contributed by atoms with E-state index in [1.807, 2.05) is 12.1 Å². The second-order valence-electron chi connectivity index (χ2n) is 6.47. The summed E-state index contributed by atoms with van der Waals surface area (Å²) >= 11 is 0. The van der Waals surface area contributed by atoms with Crippen molar-refractivity contribution in [1.82, 2.24) is 0 Å². The number of rotatable bonds is 6. The van der Waals surface area contributed by atoms with E-state index in [0.29, 0.717) is 30.8 Å². The topological polar surface area (TPSA) is 71.1 Å². The van der Waals surface area contributed by atoms with E-state index in [2.05, 4.69) is 0 Å². The van der Waals surface area contributed by atoms with E-state index in [-0.39, 0.29) is 25.2 Å². The highest BCUT2D eigenvalue weighted by Crippen LogP contribution is 2.27. The number of benzene rings is 2. The molecule has 0 saturated heterocycles. The first-order chi connectivity index (χ1) is 13.2. The van der Waals surface area contributed by atoms with Gasteiger partial charge in [0, 0.05) is 19.3 Å². The van der Waals surface area contributed by atoms with E-state index in [1.54, 1.807) is 24.3 Å². The van der Waals surface area contributed by atoms with Gasteiger partial charge in [-0.05, 0) is 47.5 Å². The van der Waals surface area contributed by atoms with Crippen molar-refractivity contribution in [1.29, 1.82) is 0 Å². The van der Waals surface area contributed by atoms with E-state index in [9.17, 15) is 9.59 Å². The van der Waals surface area contributed by atoms with Crippen LogP contribution in [-0.4, -0.2) is 38.4 Å². The van der Waals surface area contributed by atoms with Crippen LogP contribution in [0.4, 0.5) is 0 Å². The van der Waals surface area contributed by atoms with Gasteiger partial charge in [-0.1, -0.05) is 0 Å². The zero-order valence-corrected chi connectivity index (χ0v) is 14.9. The van der Waals surface area contributed by atoms with Crippen LogP contribution in [0.3, 0.4) is 0 Å². The second kappa shape index (κ2) is 7.70. The molecule has 2 aromatic rings. The van der Waals surface area contributed by atoms with E-state index >= 15 is 0 Å². The van der Waals surface area contributed by atoms with Gasteiger partial charge in [0.25, 0.3) is 0 Å². The molecule has 0 radical (unpaired) electrons. The predicted octanol–water partition coefficient (Wildman–Crippen LogP) is 2.96. The zero-order valence-electron chi connectivity index (χ0n) is 14.9. The molecule has 27 heavy (non-hydrogen) atoms. The molecular weight excluding hydrogens is 348 g/mol. The van der Waals surface area contributed by atoms with Gasteiger partial charge in [-0.15, -0.1) is 0 Å². The van der Waals surface area contributed by atoms with Crippen LogP contribution in [0.25, 0.3) is 0 Å². The van der Waals surface area contributed by atoms with Gasteiger partial charge in [-0.25, -0.2) is 9.59 Å². The summed E-state index contributed by atoms with van der Waals surface area (Å²) in [6.45, 7) is 1.68. The molecule has 0 aliphatic carbocycles. The van der Waals surface area contributed by atoms with E-state index in [1.165, 1.54) is 0 Å². The van der Waals surface area contributed by atoms with Gasteiger partial charge >= 0.3 is 11.9 Å². The Morgan fingerprint density at radius 1 is 0.778 bits per heavy atom. The molecule has 6 nitrogen and oxygen atoms in total. The average Bonchev–Trinajstić information content (AvgIpc) is 3.34. The molecule has 2 aliphatic heterocycles. The highest BCUT2D eigenvalue weighted by molar-refractivity contribution is 5.90. The number of ether oxygens (including phenoxy) is 4. The summed E-state index contributed by atoms with van der Waals surface area (Å²) in [6.07, 6.45) is 2.06. The fourth-order valence-electron chi connectivity index (χ4n) is 3.18. The average molecular weight is 368 g/mol. The molecule has 6 heteroatoms. The van der Waals surface area contributed by atoms with Crippen molar-refractivity contribution in [3.8, 4) is 11.5 Å². The summed E-state index contributed by atoms with van der Waals surface area (Å²) in [5, 5.41) is 0. The van der Waals surface area contributed by atoms with Gasteiger partial charge < -0.3 is 18.9 Å². The summed E-state index contributed by atoms with van der Waals surface area (Å²) in [4.78, 5) is 24.2. The number of esters is 2. The van der Waals surface area contributed by atoms with Crippen molar-refractivity contribution in [2.75, 3.05) is 26.4 Å². The Balaban J connectivity index is 1.20. The molecule has 0 spiro atoms. The predicted molar refractivity (Wildman–Crippen MR) is 96.5 cm³/mol. The number of fused-ring (bicyclic) bond motifs is 2. The smallest absolute Gasteiger partial charge is 0.338 e. The van der Waals surface area contributed by atoms with Crippen molar-refractivity contribution in [2.45, 2.75) is 19.3 Å². The quantitative estimate of drug-likeness (QED) is 0.577. The molecule has 2 aromatic carbocycles.